The quantitative estimate of drug-likeness (QED) is 0.858. The molecule has 2 amide bonds. The van der Waals surface area contributed by atoms with Crippen LogP contribution < -0.4 is 5.32 Å². The summed E-state index contributed by atoms with van der Waals surface area (Å²) < 4.78 is 0. The monoisotopic (exact) mass is 352 g/mol. The number of amides is 2. The summed E-state index contributed by atoms with van der Waals surface area (Å²) in [6, 6.07) is 3.03. The summed E-state index contributed by atoms with van der Waals surface area (Å²) in [4.78, 5) is 35.5. The number of aromatic nitrogens is 2. The molecule has 0 saturated carbocycles. The minimum absolute atomic E-state index is 0.0444. The minimum atomic E-state index is -0.405. The van der Waals surface area contributed by atoms with Gasteiger partial charge in [0.25, 0.3) is 0 Å². The number of rotatable bonds is 4. The standard InChI is InChI=1S/C15H17ClN4O2S/c1-2-4-12(21)20-8-3-5-10(20)13(22)19-15-17-9-6-7-11(16)18-14(9)23-15/h6-7,10H,2-5,8H2,1H3,(H,17,19,22)/t10-/m1/s1. The molecule has 1 fully saturated rings. The lowest BCUT2D eigenvalue weighted by Gasteiger charge is -2.23. The fourth-order valence-corrected chi connectivity index (χ4v) is 3.77. The molecule has 8 heteroatoms. The summed E-state index contributed by atoms with van der Waals surface area (Å²) in [6.45, 7) is 2.61. The number of carbonyl (C=O) groups is 2. The molecule has 3 heterocycles. The third kappa shape index (κ3) is 3.45. The van der Waals surface area contributed by atoms with Crippen LogP contribution in [-0.2, 0) is 9.59 Å². The number of hydrogen-bond acceptors (Lipinski definition) is 5. The third-order valence-electron chi connectivity index (χ3n) is 3.79. The molecule has 1 aliphatic rings. The number of pyridine rings is 1. The van der Waals surface area contributed by atoms with E-state index in [0.29, 0.717) is 40.0 Å². The molecule has 3 rings (SSSR count). The molecule has 1 N–H and O–H groups in total. The number of thiazole rings is 1. The minimum Gasteiger partial charge on any atom is -0.331 e. The van der Waals surface area contributed by atoms with Gasteiger partial charge in [-0.2, -0.15) is 0 Å². The Morgan fingerprint density at radius 2 is 2.26 bits per heavy atom. The van der Waals surface area contributed by atoms with Gasteiger partial charge in [-0.1, -0.05) is 29.9 Å². The summed E-state index contributed by atoms with van der Waals surface area (Å²) in [5.74, 6) is -0.139. The van der Waals surface area contributed by atoms with E-state index in [1.165, 1.54) is 11.3 Å². The average molecular weight is 353 g/mol. The smallest absolute Gasteiger partial charge is 0.248 e. The summed E-state index contributed by atoms with van der Waals surface area (Å²) >= 11 is 7.13. The van der Waals surface area contributed by atoms with Gasteiger partial charge >= 0.3 is 0 Å². The molecule has 0 aliphatic carbocycles. The first-order valence-electron chi connectivity index (χ1n) is 7.62. The van der Waals surface area contributed by atoms with Crippen LogP contribution in [0.15, 0.2) is 12.1 Å². The highest BCUT2D eigenvalue weighted by Crippen LogP contribution is 2.27. The number of anilines is 1. The van der Waals surface area contributed by atoms with Gasteiger partial charge in [-0.05, 0) is 31.4 Å². The molecule has 0 bridgehead atoms. The van der Waals surface area contributed by atoms with Crippen molar-refractivity contribution < 1.29 is 9.59 Å². The Bertz CT molecular complexity index is 748. The van der Waals surface area contributed by atoms with Crippen molar-refractivity contribution in [3.05, 3.63) is 17.3 Å². The predicted molar refractivity (Wildman–Crippen MR) is 90.7 cm³/mol. The average Bonchev–Trinajstić information content (AvgIpc) is 3.12. The van der Waals surface area contributed by atoms with E-state index >= 15 is 0 Å². The van der Waals surface area contributed by atoms with E-state index in [9.17, 15) is 9.59 Å². The summed E-state index contributed by atoms with van der Waals surface area (Å²) in [5, 5.41) is 3.69. The van der Waals surface area contributed by atoms with Crippen LogP contribution in [0.25, 0.3) is 10.3 Å². The number of halogens is 1. The predicted octanol–water partition coefficient (Wildman–Crippen LogP) is 3.07. The van der Waals surface area contributed by atoms with Crippen molar-refractivity contribution in [3.8, 4) is 0 Å². The molecule has 0 radical (unpaired) electrons. The zero-order valence-electron chi connectivity index (χ0n) is 12.7. The van der Waals surface area contributed by atoms with Crippen molar-refractivity contribution in [2.75, 3.05) is 11.9 Å². The van der Waals surface area contributed by atoms with Gasteiger partial charge in [0.15, 0.2) is 5.13 Å². The zero-order valence-corrected chi connectivity index (χ0v) is 14.3. The second-order valence-corrected chi connectivity index (χ2v) is 6.83. The lowest BCUT2D eigenvalue weighted by Crippen LogP contribution is -2.43. The van der Waals surface area contributed by atoms with Crippen molar-refractivity contribution in [2.24, 2.45) is 0 Å². The lowest BCUT2D eigenvalue weighted by atomic mass is 10.2. The number of fused-ring (bicyclic) bond motifs is 1. The zero-order chi connectivity index (χ0) is 16.4. The van der Waals surface area contributed by atoms with Crippen LogP contribution in [0.1, 0.15) is 32.6 Å². The highest BCUT2D eigenvalue weighted by atomic mass is 35.5. The number of nitrogens with one attached hydrogen (secondary N) is 1. The van der Waals surface area contributed by atoms with Crippen molar-refractivity contribution in [1.82, 2.24) is 14.9 Å². The topological polar surface area (TPSA) is 75.2 Å². The van der Waals surface area contributed by atoms with Crippen LogP contribution in [0.4, 0.5) is 5.13 Å². The van der Waals surface area contributed by atoms with Gasteiger partial charge < -0.3 is 10.2 Å². The van der Waals surface area contributed by atoms with Crippen molar-refractivity contribution >= 4 is 50.2 Å². The highest BCUT2D eigenvalue weighted by Gasteiger charge is 2.33. The number of hydrogen-bond donors (Lipinski definition) is 1. The van der Waals surface area contributed by atoms with E-state index in [1.807, 2.05) is 6.92 Å². The van der Waals surface area contributed by atoms with Crippen molar-refractivity contribution in [2.45, 2.75) is 38.6 Å². The molecule has 1 aliphatic heterocycles. The fraction of sp³-hybridized carbons (Fsp3) is 0.467. The van der Waals surface area contributed by atoms with Gasteiger partial charge in [-0.3, -0.25) is 9.59 Å². The molecule has 6 nitrogen and oxygen atoms in total. The molecule has 0 unspecified atom stereocenters. The van der Waals surface area contributed by atoms with Crippen LogP contribution in [0.2, 0.25) is 5.15 Å². The summed E-state index contributed by atoms with van der Waals surface area (Å²) in [6.07, 6.45) is 2.81. The summed E-state index contributed by atoms with van der Waals surface area (Å²) in [7, 11) is 0. The van der Waals surface area contributed by atoms with Gasteiger partial charge in [0.2, 0.25) is 11.8 Å². The maximum atomic E-state index is 12.5. The largest absolute Gasteiger partial charge is 0.331 e. The van der Waals surface area contributed by atoms with Gasteiger partial charge in [-0.25, -0.2) is 9.97 Å². The number of nitrogens with zero attached hydrogens (tertiary/aromatic N) is 3. The molecule has 1 saturated heterocycles. The molecule has 2 aromatic rings. The molecule has 1 atom stereocenters. The first-order chi connectivity index (χ1) is 11.1. The highest BCUT2D eigenvalue weighted by molar-refractivity contribution is 7.22. The van der Waals surface area contributed by atoms with Crippen molar-refractivity contribution in [3.63, 3.8) is 0 Å². The first kappa shape index (κ1) is 16.1. The second kappa shape index (κ2) is 6.80. The summed E-state index contributed by atoms with van der Waals surface area (Å²) in [5.41, 5.74) is 0.694. The molecule has 0 aromatic carbocycles. The molecule has 2 aromatic heterocycles. The molecular weight excluding hydrogens is 336 g/mol. The Morgan fingerprint density at radius 1 is 1.43 bits per heavy atom. The maximum absolute atomic E-state index is 12.5. The second-order valence-electron chi connectivity index (χ2n) is 5.46. The Hall–Kier alpha value is -1.73. The van der Waals surface area contributed by atoms with Crippen LogP contribution >= 0.6 is 22.9 Å². The van der Waals surface area contributed by atoms with Gasteiger partial charge in [-0.15, -0.1) is 0 Å². The SMILES string of the molecule is CCCC(=O)N1CCC[C@@H]1C(=O)Nc1nc2ccc(Cl)nc2s1. The van der Waals surface area contributed by atoms with Crippen LogP contribution in [-0.4, -0.2) is 39.3 Å². The van der Waals surface area contributed by atoms with Crippen LogP contribution in [0.3, 0.4) is 0 Å². The van der Waals surface area contributed by atoms with Gasteiger partial charge in [0.1, 0.15) is 21.5 Å². The maximum Gasteiger partial charge on any atom is 0.248 e. The van der Waals surface area contributed by atoms with E-state index in [-0.39, 0.29) is 11.8 Å². The normalized spacial score (nSPS) is 17.7. The Kier molecular flexibility index (Phi) is 4.77. The molecule has 122 valence electrons. The van der Waals surface area contributed by atoms with Crippen LogP contribution in [0, 0.1) is 0 Å². The fourth-order valence-electron chi connectivity index (χ4n) is 2.73. The van der Waals surface area contributed by atoms with Crippen LogP contribution in [0.5, 0.6) is 0 Å². The number of likely N-dealkylation sites (tertiary alicyclic amines) is 1. The van der Waals surface area contributed by atoms with Crippen molar-refractivity contribution in [1.29, 1.82) is 0 Å². The number of carbonyl (C=O) groups excluding carboxylic acids is 2. The van der Waals surface area contributed by atoms with E-state index in [2.05, 4.69) is 15.3 Å². The van der Waals surface area contributed by atoms with E-state index in [0.717, 1.165) is 12.8 Å². The third-order valence-corrected chi connectivity index (χ3v) is 4.88. The lowest BCUT2D eigenvalue weighted by molar-refractivity contribution is -0.136. The molecule has 0 spiro atoms. The van der Waals surface area contributed by atoms with Gasteiger partial charge in [0, 0.05) is 13.0 Å². The van der Waals surface area contributed by atoms with Gasteiger partial charge in [0.05, 0.1) is 0 Å². The van der Waals surface area contributed by atoms with E-state index in [1.54, 1.807) is 17.0 Å². The Morgan fingerprint density at radius 3 is 3.04 bits per heavy atom. The first-order valence-corrected chi connectivity index (χ1v) is 8.81. The molecular formula is C15H17ClN4O2S. The van der Waals surface area contributed by atoms with E-state index < -0.39 is 6.04 Å². The molecule has 23 heavy (non-hydrogen) atoms. The van der Waals surface area contributed by atoms with E-state index in [4.69, 9.17) is 11.6 Å². The Balaban J connectivity index is 1.73. The Labute approximate surface area is 142 Å².